The molecule has 0 saturated carbocycles. The van der Waals surface area contributed by atoms with E-state index in [4.69, 9.17) is 4.43 Å². The van der Waals surface area contributed by atoms with Crippen LogP contribution in [0.1, 0.15) is 32.4 Å². The lowest BCUT2D eigenvalue weighted by Crippen LogP contribution is -2.41. The van der Waals surface area contributed by atoms with Crippen molar-refractivity contribution in [1.29, 1.82) is 0 Å². The first-order valence-corrected chi connectivity index (χ1v) is 9.16. The van der Waals surface area contributed by atoms with Crippen molar-refractivity contribution < 1.29 is 14.6 Å². The zero-order chi connectivity index (χ0) is 14.0. The van der Waals surface area contributed by atoms with Gasteiger partial charge in [-0.15, -0.1) is 0 Å². The molecule has 18 heavy (non-hydrogen) atoms. The molecule has 0 aliphatic carbocycles. The predicted octanol–water partition coefficient (Wildman–Crippen LogP) is 3.45. The molecule has 3 nitrogen and oxygen atoms in total. The van der Waals surface area contributed by atoms with E-state index in [1.165, 1.54) is 0 Å². The van der Waals surface area contributed by atoms with Crippen molar-refractivity contribution in [2.45, 2.75) is 45.0 Å². The zero-order valence-electron chi connectivity index (χ0n) is 11.9. The quantitative estimate of drug-likeness (QED) is 0.822. The molecule has 1 aromatic rings. The van der Waals surface area contributed by atoms with Crippen molar-refractivity contribution >= 4 is 8.32 Å². The summed E-state index contributed by atoms with van der Waals surface area (Å²) in [5.41, 5.74) is 0.524. The smallest absolute Gasteiger partial charge is 0.192 e. The number of aliphatic hydroxyl groups is 1. The van der Waals surface area contributed by atoms with Gasteiger partial charge in [-0.25, -0.2) is 0 Å². The fourth-order valence-electron chi connectivity index (χ4n) is 1.36. The van der Waals surface area contributed by atoms with Crippen LogP contribution in [-0.4, -0.2) is 25.1 Å². The number of hydrogen-bond donors (Lipinski definition) is 2. The van der Waals surface area contributed by atoms with Crippen LogP contribution >= 0.6 is 0 Å². The summed E-state index contributed by atoms with van der Waals surface area (Å²) in [5.74, 6) is 0.115. The first kappa shape index (κ1) is 15.2. The summed E-state index contributed by atoms with van der Waals surface area (Å²) in [4.78, 5) is 0. The normalized spacial score (nSPS) is 14.6. The average molecular weight is 268 g/mol. The van der Waals surface area contributed by atoms with Gasteiger partial charge in [-0.2, -0.15) is 0 Å². The van der Waals surface area contributed by atoms with Gasteiger partial charge in [-0.05, 0) is 24.2 Å². The maximum atomic E-state index is 10.1. The van der Waals surface area contributed by atoms with Gasteiger partial charge in [-0.1, -0.05) is 39.0 Å². The Bertz CT molecular complexity index is 396. The Morgan fingerprint density at radius 2 is 1.78 bits per heavy atom. The second kappa shape index (κ2) is 5.43. The number of phenolic OH excluding ortho intramolecular Hbond substituents is 1. The highest BCUT2D eigenvalue weighted by Gasteiger charge is 2.37. The Kier molecular flexibility index (Phi) is 4.59. The molecule has 0 bridgehead atoms. The molecule has 0 fully saturated rings. The van der Waals surface area contributed by atoms with Crippen LogP contribution in [-0.2, 0) is 4.43 Å². The van der Waals surface area contributed by atoms with Crippen molar-refractivity contribution in [2.75, 3.05) is 6.61 Å². The van der Waals surface area contributed by atoms with E-state index in [-0.39, 0.29) is 17.4 Å². The molecule has 1 rings (SSSR count). The Labute approximate surface area is 111 Å². The minimum Gasteiger partial charge on any atom is -0.508 e. The largest absolute Gasteiger partial charge is 0.508 e. The van der Waals surface area contributed by atoms with Gasteiger partial charge in [0.25, 0.3) is 0 Å². The lowest BCUT2D eigenvalue weighted by atomic mass is 10.1. The van der Waals surface area contributed by atoms with Gasteiger partial charge in [0.05, 0.1) is 6.61 Å². The Morgan fingerprint density at radius 1 is 1.22 bits per heavy atom. The van der Waals surface area contributed by atoms with Gasteiger partial charge in [-0.3, -0.25) is 0 Å². The van der Waals surface area contributed by atoms with Crippen LogP contribution in [0, 0.1) is 0 Å². The lowest BCUT2D eigenvalue weighted by Gasteiger charge is -2.36. The molecule has 0 heterocycles. The van der Waals surface area contributed by atoms with Crippen LogP contribution in [0.3, 0.4) is 0 Å². The third-order valence-electron chi connectivity index (χ3n) is 3.70. The fourth-order valence-corrected chi connectivity index (χ4v) is 2.37. The Morgan fingerprint density at radius 3 is 2.28 bits per heavy atom. The summed E-state index contributed by atoms with van der Waals surface area (Å²) in [6, 6.07) is 6.82. The Balaban J connectivity index is 2.68. The third kappa shape index (κ3) is 3.57. The first-order chi connectivity index (χ1) is 8.15. The zero-order valence-corrected chi connectivity index (χ0v) is 12.9. The summed E-state index contributed by atoms with van der Waals surface area (Å²) in [6.07, 6.45) is -0.777. The third-order valence-corrected chi connectivity index (χ3v) is 8.20. The van der Waals surface area contributed by atoms with E-state index in [1.54, 1.807) is 24.3 Å². The summed E-state index contributed by atoms with van der Waals surface area (Å²) in [5, 5.41) is 19.9. The van der Waals surface area contributed by atoms with Crippen molar-refractivity contribution in [3.05, 3.63) is 29.8 Å². The minimum atomic E-state index is -1.86. The highest BCUT2D eigenvalue weighted by molar-refractivity contribution is 6.74. The van der Waals surface area contributed by atoms with E-state index in [9.17, 15) is 10.2 Å². The monoisotopic (exact) mass is 268 g/mol. The van der Waals surface area contributed by atoms with Gasteiger partial charge >= 0.3 is 0 Å². The summed E-state index contributed by atoms with van der Waals surface area (Å²) in [7, 11) is -1.86. The first-order valence-electron chi connectivity index (χ1n) is 6.25. The van der Waals surface area contributed by atoms with Crippen molar-refractivity contribution in [3.63, 3.8) is 0 Å². The van der Waals surface area contributed by atoms with Crippen LogP contribution in [0.5, 0.6) is 5.75 Å². The molecule has 0 radical (unpaired) electrons. The maximum Gasteiger partial charge on any atom is 0.192 e. The minimum absolute atomic E-state index is 0.115. The van der Waals surface area contributed by atoms with E-state index in [0.29, 0.717) is 5.56 Å². The second-order valence-electron chi connectivity index (χ2n) is 6.15. The predicted molar refractivity (Wildman–Crippen MR) is 76.2 cm³/mol. The van der Waals surface area contributed by atoms with E-state index >= 15 is 0 Å². The maximum absolute atomic E-state index is 10.1. The van der Waals surface area contributed by atoms with E-state index < -0.39 is 14.4 Å². The second-order valence-corrected chi connectivity index (χ2v) is 11.0. The van der Waals surface area contributed by atoms with Gasteiger partial charge < -0.3 is 14.6 Å². The molecule has 0 spiro atoms. The SMILES string of the molecule is CC(C)(C)[Si](C)(C)OC[C@@H](O)c1ccccc1O. The number of hydrogen-bond acceptors (Lipinski definition) is 3. The topological polar surface area (TPSA) is 49.7 Å². The standard InChI is InChI=1S/C14H24O3Si/c1-14(2,3)18(4,5)17-10-13(16)11-8-6-7-9-12(11)15/h6-9,13,15-16H,10H2,1-5H3/t13-/m1/s1. The molecule has 0 aliphatic rings. The van der Waals surface area contributed by atoms with Gasteiger partial charge in [0.15, 0.2) is 8.32 Å². The molecule has 1 atom stereocenters. The van der Waals surface area contributed by atoms with Crippen LogP contribution in [0.25, 0.3) is 0 Å². The lowest BCUT2D eigenvalue weighted by molar-refractivity contribution is 0.0982. The highest BCUT2D eigenvalue weighted by Crippen LogP contribution is 2.37. The average Bonchev–Trinajstić information content (AvgIpc) is 2.25. The van der Waals surface area contributed by atoms with Crippen molar-refractivity contribution in [2.24, 2.45) is 0 Å². The van der Waals surface area contributed by atoms with Crippen LogP contribution in [0.4, 0.5) is 0 Å². The molecular weight excluding hydrogens is 244 g/mol. The van der Waals surface area contributed by atoms with Crippen molar-refractivity contribution in [1.82, 2.24) is 0 Å². The molecule has 0 aliphatic heterocycles. The van der Waals surface area contributed by atoms with Crippen LogP contribution in [0.15, 0.2) is 24.3 Å². The molecular formula is C14H24O3Si. The highest BCUT2D eigenvalue weighted by atomic mass is 28.4. The fraction of sp³-hybridized carbons (Fsp3) is 0.571. The molecule has 102 valence electrons. The molecule has 2 N–H and O–H groups in total. The number of phenols is 1. The van der Waals surface area contributed by atoms with Gasteiger partial charge in [0, 0.05) is 5.56 Å². The van der Waals surface area contributed by atoms with E-state index in [1.807, 2.05) is 0 Å². The molecule has 0 saturated heterocycles. The van der Waals surface area contributed by atoms with Crippen LogP contribution < -0.4 is 0 Å². The van der Waals surface area contributed by atoms with Crippen molar-refractivity contribution in [3.8, 4) is 5.75 Å². The van der Waals surface area contributed by atoms with E-state index in [0.717, 1.165) is 0 Å². The summed E-state index contributed by atoms with van der Waals surface area (Å²) in [6.45, 7) is 11.0. The number of para-hydroxylation sites is 1. The number of rotatable bonds is 4. The summed E-state index contributed by atoms with van der Waals surface area (Å²) < 4.78 is 5.94. The Hall–Kier alpha value is -0.843. The number of aliphatic hydroxyl groups excluding tert-OH is 1. The molecule has 4 heteroatoms. The van der Waals surface area contributed by atoms with Gasteiger partial charge in [0.2, 0.25) is 0 Å². The molecule has 0 amide bonds. The number of benzene rings is 1. The van der Waals surface area contributed by atoms with Gasteiger partial charge in [0.1, 0.15) is 11.9 Å². The molecule has 0 aromatic heterocycles. The number of aromatic hydroxyl groups is 1. The van der Waals surface area contributed by atoms with Crippen LogP contribution in [0.2, 0.25) is 18.1 Å². The van der Waals surface area contributed by atoms with E-state index in [2.05, 4.69) is 33.9 Å². The summed E-state index contributed by atoms with van der Waals surface area (Å²) >= 11 is 0. The molecule has 0 unspecified atom stereocenters. The molecule has 1 aromatic carbocycles.